The van der Waals surface area contributed by atoms with Crippen LogP contribution >= 0.6 is 11.3 Å². The maximum absolute atomic E-state index is 13.9. The molecule has 0 saturated heterocycles. The van der Waals surface area contributed by atoms with Gasteiger partial charge in [0.15, 0.2) is 0 Å². The number of carboxylic acid groups (broad SMARTS) is 1. The summed E-state index contributed by atoms with van der Waals surface area (Å²) < 4.78 is 22.2. The number of rotatable bonds is 7. The Balaban J connectivity index is 1.31. The third kappa shape index (κ3) is 4.99. The number of nitrogens with one attached hydrogen (secondary N) is 1. The second-order valence-corrected chi connectivity index (χ2v) is 10.2. The second-order valence-electron chi connectivity index (χ2n) is 9.24. The first-order valence-corrected chi connectivity index (χ1v) is 12.8. The number of thiophene rings is 1. The Morgan fingerprint density at radius 3 is 2.53 bits per heavy atom. The third-order valence-electron chi connectivity index (χ3n) is 6.89. The number of carbonyl (C=O) groups excluding carboxylic acids is 1. The van der Waals surface area contributed by atoms with E-state index in [4.69, 9.17) is 4.74 Å². The molecule has 0 spiro atoms. The standard InChI is InChI=1S/C28H27FN2O4S/c1-35-23-13-20(12-21(29)14-23)18-4-2-17(3-5-18)15-31-11-10-25-26(31)24(16-36-25)27(32)30-22-8-6-19(7-9-22)28(33)34/h2-5,10-14,16,19,22H,6-9,15H2,1H3,(H,30,32)(H,33,34)/t19-,22+. The number of hydrogen-bond donors (Lipinski definition) is 2. The zero-order chi connectivity index (χ0) is 25.2. The number of aromatic nitrogens is 1. The quantitative estimate of drug-likeness (QED) is 0.325. The van der Waals surface area contributed by atoms with Crippen molar-refractivity contribution in [2.75, 3.05) is 7.11 Å². The van der Waals surface area contributed by atoms with Crippen molar-refractivity contribution in [2.24, 2.45) is 5.92 Å². The maximum atomic E-state index is 13.9. The molecule has 1 aliphatic carbocycles. The molecular formula is C28H27FN2O4S. The van der Waals surface area contributed by atoms with Crippen molar-refractivity contribution >= 4 is 33.4 Å². The van der Waals surface area contributed by atoms with Crippen molar-refractivity contribution < 1.29 is 23.8 Å². The van der Waals surface area contributed by atoms with Crippen LogP contribution in [0.5, 0.6) is 5.75 Å². The zero-order valence-corrected chi connectivity index (χ0v) is 20.7. The largest absolute Gasteiger partial charge is 0.497 e. The van der Waals surface area contributed by atoms with Gasteiger partial charge >= 0.3 is 5.97 Å². The van der Waals surface area contributed by atoms with E-state index in [1.165, 1.54) is 30.6 Å². The van der Waals surface area contributed by atoms with Gasteiger partial charge in [0.2, 0.25) is 0 Å². The van der Waals surface area contributed by atoms with E-state index >= 15 is 0 Å². The smallest absolute Gasteiger partial charge is 0.306 e. The Kier molecular flexibility index (Phi) is 6.78. The molecule has 4 aromatic rings. The maximum Gasteiger partial charge on any atom is 0.306 e. The van der Waals surface area contributed by atoms with Crippen LogP contribution in [-0.4, -0.2) is 34.7 Å². The average Bonchev–Trinajstić information content (AvgIpc) is 3.47. The van der Waals surface area contributed by atoms with Gasteiger partial charge in [0.25, 0.3) is 5.91 Å². The van der Waals surface area contributed by atoms with Gasteiger partial charge in [-0.3, -0.25) is 9.59 Å². The van der Waals surface area contributed by atoms with Crippen LogP contribution in [0.3, 0.4) is 0 Å². The molecule has 8 heteroatoms. The Hall–Kier alpha value is -3.65. The van der Waals surface area contributed by atoms with Gasteiger partial charge in [-0.2, -0.15) is 0 Å². The fourth-order valence-corrected chi connectivity index (χ4v) is 5.84. The minimum atomic E-state index is -0.749. The molecule has 1 saturated carbocycles. The molecular weight excluding hydrogens is 479 g/mol. The molecule has 2 aromatic carbocycles. The zero-order valence-electron chi connectivity index (χ0n) is 19.9. The molecule has 0 aliphatic heterocycles. The van der Waals surface area contributed by atoms with Crippen molar-refractivity contribution in [3.8, 4) is 16.9 Å². The number of halogens is 1. The summed E-state index contributed by atoms with van der Waals surface area (Å²) >= 11 is 1.54. The van der Waals surface area contributed by atoms with Crippen LogP contribution in [0.4, 0.5) is 4.39 Å². The number of carbonyl (C=O) groups is 2. The molecule has 6 nitrogen and oxygen atoms in total. The van der Waals surface area contributed by atoms with Crippen molar-refractivity contribution in [2.45, 2.75) is 38.3 Å². The summed E-state index contributed by atoms with van der Waals surface area (Å²) in [4.78, 5) is 24.3. The van der Waals surface area contributed by atoms with Crippen molar-refractivity contribution in [3.05, 3.63) is 77.1 Å². The third-order valence-corrected chi connectivity index (χ3v) is 7.83. The molecule has 1 amide bonds. The number of benzene rings is 2. The first kappa shape index (κ1) is 24.1. The molecule has 186 valence electrons. The average molecular weight is 507 g/mol. The van der Waals surface area contributed by atoms with Crippen LogP contribution in [0.1, 0.15) is 41.6 Å². The summed E-state index contributed by atoms with van der Waals surface area (Å²) in [5.74, 6) is -1.04. The lowest BCUT2D eigenvalue weighted by molar-refractivity contribution is -0.142. The highest BCUT2D eigenvalue weighted by molar-refractivity contribution is 7.17. The first-order chi connectivity index (χ1) is 17.4. The van der Waals surface area contributed by atoms with Gasteiger partial charge in [0.1, 0.15) is 11.6 Å². The van der Waals surface area contributed by atoms with Crippen LogP contribution < -0.4 is 10.1 Å². The van der Waals surface area contributed by atoms with Crippen LogP contribution in [0, 0.1) is 11.7 Å². The highest BCUT2D eigenvalue weighted by Crippen LogP contribution is 2.30. The lowest BCUT2D eigenvalue weighted by Gasteiger charge is -2.26. The van der Waals surface area contributed by atoms with E-state index in [-0.39, 0.29) is 23.7 Å². The van der Waals surface area contributed by atoms with Crippen LogP contribution in [0.2, 0.25) is 0 Å². The van der Waals surface area contributed by atoms with Crippen molar-refractivity contribution in [3.63, 3.8) is 0 Å². The Morgan fingerprint density at radius 2 is 1.83 bits per heavy atom. The molecule has 2 N–H and O–H groups in total. The molecule has 0 atom stereocenters. The highest BCUT2D eigenvalue weighted by atomic mass is 32.1. The van der Waals surface area contributed by atoms with Gasteiger partial charge in [-0.1, -0.05) is 24.3 Å². The lowest BCUT2D eigenvalue weighted by atomic mass is 9.86. The van der Waals surface area contributed by atoms with E-state index in [1.54, 1.807) is 6.07 Å². The molecule has 0 radical (unpaired) electrons. The van der Waals surface area contributed by atoms with E-state index < -0.39 is 5.97 Å². The Labute approximate surface area is 212 Å². The number of amides is 1. The molecule has 1 aliphatic rings. The van der Waals surface area contributed by atoms with E-state index in [9.17, 15) is 19.1 Å². The van der Waals surface area contributed by atoms with Gasteiger partial charge in [-0.15, -0.1) is 11.3 Å². The minimum Gasteiger partial charge on any atom is -0.497 e. The first-order valence-electron chi connectivity index (χ1n) is 11.9. The number of aliphatic carboxylic acids is 1. The summed E-state index contributed by atoms with van der Waals surface area (Å²) in [6, 6.07) is 14.6. The van der Waals surface area contributed by atoms with E-state index in [0.29, 0.717) is 43.5 Å². The van der Waals surface area contributed by atoms with Gasteiger partial charge in [0, 0.05) is 30.2 Å². The van der Waals surface area contributed by atoms with Crippen molar-refractivity contribution in [1.82, 2.24) is 9.88 Å². The predicted octanol–water partition coefficient (Wildman–Crippen LogP) is 5.94. The summed E-state index contributed by atoms with van der Waals surface area (Å²) in [6.45, 7) is 0.594. The molecule has 0 unspecified atom stereocenters. The van der Waals surface area contributed by atoms with Crippen LogP contribution in [0.15, 0.2) is 60.1 Å². The number of fused-ring (bicyclic) bond motifs is 1. The summed E-state index contributed by atoms with van der Waals surface area (Å²) in [7, 11) is 1.52. The number of ether oxygens (including phenoxy) is 1. The van der Waals surface area contributed by atoms with Gasteiger partial charge in [-0.05, 0) is 60.6 Å². The van der Waals surface area contributed by atoms with Gasteiger partial charge in [0.05, 0.1) is 28.8 Å². The van der Waals surface area contributed by atoms with Gasteiger partial charge < -0.3 is 19.7 Å². The molecule has 0 bridgehead atoms. The topological polar surface area (TPSA) is 80.6 Å². The molecule has 1 fully saturated rings. The summed E-state index contributed by atoms with van der Waals surface area (Å²) in [5, 5.41) is 14.2. The van der Waals surface area contributed by atoms with E-state index in [2.05, 4.69) is 9.88 Å². The van der Waals surface area contributed by atoms with Crippen LogP contribution in [0.25, 0.3) is 21.3 Å². The molecule has 2 heterocycles. The number of methoxy groups -OCH3 is 1. The SMILES string of the molecule is COc1cc(F)cc(-c2ccc(Cn3ccc4scc(C(=O)N[C@H]5CC[C@@H](C(=O)O)CC5)c43)cc2)c1. The Bertz CT molecular complexity index is 1400. The van der Waals surface area contributed by atoms with E-state index in [1.807, 2.05) is 41.9 Å². The van der Waals surface area contributed by atoms with Crippen LogP contribution in [-0.2, 0) is 11.3 Å². The Morgan fingerprint density at radius 1 is 1.08 bits per heavy atom. The van der Waals surface area contributed by atoms with Crippen molar-refractivity contribution in [1.29, 1.82) is 0 Å². The molecule has 36 heavy (non-hydrogen) atoms. The summed E-state index contributed by atoms with van der Waals surface area (Å²) in [5.41, 5.74) is 4.24. The van der Waals surface area contributed by atoms with Gasteiger partial charge in [-0.25, -0.2) is 4.39 Å². The number of nitrogens with zero attached hydrogens (tertiary/aromatic N) is 1. The van der Waals surface area contributed by atoms with E-state index in [0.717, 1.165) is 26.9 Å². The monoisotopic (exact) mass is 506 g/mol. The molecule has 5 rings (SSSR count). The lowest BCUT2D eigenvalue weighted by Crippen LogP contribution is -2.38. The summed E-state index contributed by atoms with van der Waals surface area (Å²) in [6.07, 6.45) is 4.53. The predicted molar refractivity (Wildman–Crippen MR) is 138 cm³/mol. The highest BCUT2D eigenvalue weighted by Gasteiger charge is 2.27. The fourth-order valence-electron chi connectivity index (χ4n) is 4.90. The fraction of sp³-hybridized carbons (Fsp3) is 0.286. The number of hydrogen-bond acceptors (Lipinski definition) is 4. The second kappa shape index (κ2) is 10.1. The normalized spacial score (nSPS) is 17.7. The minimum absolute atomic E-state index is 0.000420. The number of carboxylic acids is 1. The molecule has 2 aromatic heterocycles.